The number of aliphatic hydroxyl groups is 1. The van der Waals surface area contributed by atoms with Crippen LogP contribution in [-0.4, -0.2) is 17.0 Å². The molecule has 4 aliphatic carbocycles. The number of allylic oxidation sites excluding steroid dienone is 1. The molecule has 1 N–H and O–H groups in total. The van der Waals surface area contributed by atoms with E-state index >= 15 is 0 Å². The zero-order chi connectivity index (χ0) is 22.9. The molecule has 0 heterocycles. The fourth-order valence-corrected chi connectivity index (χ4v) is 8.00. The first-order valence-corrected chi connectivity index (χ1v) is 12.1. The van der Waals surface area contributed by atoms with Crippen molar-refractivity contribution >= 4 is 11.9 Å². The van der Waals surface area contributed by atoms with Crippen molar-refractivity contribution in [1.82, 2.24) is 0 Å². The highest BCUT2D eigenvalue weighted by atomic mass is 19.4. The van der Waals surface area contributed by atoms with E-state index < -0.39 is 11.7 Å². The lowest BCUT2D eigenvalue weighted by atomic mass is 9.45. The Morgan fingerprint density at radius 3 is 2.41 bits per heavy atom. The Morgan fingerprint density at radius 1 is 1.00 bits per heavy atom. The number of aliphatic hydroxyl groups excluding tert-OH is 1. The SMILES string of the molecule is CC12CCC3C(CCC4CC(O)CCC43C)C1CC(=Cc1ccc(C(F)(F)F)cc1)C2=O. The maximum Gasteiger partial charge on any atom is 0.416 e. The van der Waals surface area contributed by atoms with Gasteiger partial charge in [0, 0.05) is 5.41 Å². The summed E-state index contributed by atoms with van der Waals surface area (Å²) in [5.41, 5.74) is 0.688. The number of alkyl halides is 3. The summed E-state index contributed by atoms with van der Waals surface area (Å²) in [5.74, 6) is 2.22. The topological polar surface area (TPSA) is 37.3 Å². The fraction of sp³-hybridized carbons (Fsp3) is 0.667. The molecule has 1 aromatic rings. The number of ketones is 1. The number of carbonyl (C=O) groups excluding carboxylic acids is 1. The Hall–Kier alpha value is -1.62. The van der Waals surface area contributed by atoms with Gasteiger partial charge in [-0.25, -0.2) is 0 Å². The highest BCUT2D eigenvalue weighted by Crippen LogP contribution is 2.66. The van der Waals surface area contributed by atoms with Gasteiger partial charge in [0.1, 0.15) is 0 Å². The molecule has 0 bridgehead atoms. The molecular formula is C27H33F3O2. The van der Waals surface area contributed by atoms with Gasteiger partial charge in [0.05, 0.1) is 11.7 Å². The third-order valence-electron chi connectivity index (χ3n) is 9.86. The number of carbonyl (C=O) groups is 1. The third-order valence-corrected chi connectivity index (χ3v) is 9.86. The number of fused-ring (bicyclic) bond motifs is 5. The van der Waals surface area contributed by atoms with Crippen molar-refractivity contribution in [3.05, 3.63) is 41.0 Å². The molecule has 7 atom stereocenters. The van der Waals surface area contributed by atoms with Crippen LogP contribution in [0, 0.1) is 34.5 Å². The van der Waals surface area contributed by atoms with Crippen LogP contribution in [0.4, 0.5) is 13.2 Å². The molecule has 5 rings (SSSR count). The molecule has 0 amide bonds. The minimum Gasteiger partial charge on any atom is -0.393 e. The molecule has 2 nitrogen and oxygen atoms in total. The van der Waals surface area contributed by atoms with Crippen LogP contribution in [-0.2, 0) is 11.0 Å². The van der Waals surface area contributed by atoms with Gasteiger partial charge in [0.25, 0.3) is 0 Å². The van der Waals surface area contributed by atoms with Crippen molar-refractivity contribution in [3.63, 3.8) is 0 Å². The lowest BCUT2D eigenvalue weighted by Crippen LogP contribution is -2.54. The van der Waals surface area contributed by atoms with Crippen LogP contribution >= 0.6 is 0 Å². The fourth-order valence-electron chi connectivity index (χ4n) is 8.00. The molecular weight excluding hydrogens is 413 g/mol. The van der Waals surface area contributed by atoms with E-state index in [1.165, 1.54) is 12.1 Å². The molecule has 7 unspecified atom stereocenters. The van der Waals surface area contributed by atoms with Crippen LogP contribution in [0.2, 0.25) is 0 Å². The summed E-state index contributed by atoms with van der Waals surface area (Å²) in [7, 11) is 0. The second-order valence-corrected chi connectivity index (χ2v) is 11.4. The van der Waals surface area contributed by atoms with Crippen molar-refractivity contribution in [1.29, 1.82) is 0 Å². The van der Waals surface area contributed by atoms with Gasteiger partial charge in [-0.05, 0) is 110 Å². The number of rotatable bonds is 1. The normalized spacial score (nSPS) is 43.0. The van der Waals surface area contributed by atoms with Gasteiger partial charge in [-0.2, -0.15) is 13.2 Å². The predicted molar refractivity (Wildman–Crippen MR) is 118 cm³/mol. The van der Waals surface area contributed by atoms with E-state index in [0.717, 1.165) is 69.1 Å². The highest BCUT2D eigenvalue weighted by Gasteiger charge is 2.61. The lowest BCUT2D eigenvalue weighted by Gasteiger charge is -2.59. The van der Waals surface area contributed by atoms with E-state index in [1.54, 1.807) is 0 Å². The molecule has 0 radical (unpaired) electrons. The average molecular weight is 447 g/mol. The summed E-state index contributed by atoms with van der Waals surface area (Å²) in [6.45, 7) is 4.56. The van der Waals surface area contributed by atoms with Crippen LogP contribution in [0.1, 0.15) is 76.3 Å². The van der Waals surface area contributed by atoms with Gasteiger partial charge in [-0.1, -0.05) is 26.0 Å². The number of hydrogen-bond acceptors (Lipinski definition) is 2. The van der Waals surface area contributed by atoms with Gasteiger partial charge >= 0.3 is 6.18 Å². The summed E-state index contributed by atoms with van der Waals surface area (Å²) in [6, 6.07) is 5.12. The maximum absolute atomic E-state index is 13.5. The van der Waals surface area contributed by atoms with Crippen molar-refractivity contribution in [3.8, 4) is 0 Å². The Morgan fingerprint density at radius 2 is 1.72 bits per heavy atom. The molecule has 0 spiro atoms. The first kappa shape index (κ1) is 22.2. The minimum atomic E-state index is -4.35. The summed E-state index contributed by atoms with van der Waals surface area (Å²) in [6.07, 6.45) is 5.15. The van der Waals surface area contributed by atoms with Crippen molar-refractivity contribution < 1.29 is 23.1 Å². The van der Waals surface area contributed by atoms with E-state index in [2.05, 4.69) is 13.8 Å². The average Bonchev–Trinajstić information content (AvgIpc) is 2.99. The minimum absolute atomic E-state index is 0.162. The lowest BCUT2D eigenvalue weighted by molar-refractivity contribution is -0.141. The number of halogens is 3. The van der Waals surface area contributed by atoms with Gasteiger partial charge in [-0.15, -0.1) is 0 Å². The van der Waals surface area contributed by atoms with Gasteiger partial charge in [-0.3, -0.25) is 4.79 Å². The second-order valence-electron chi connectivity index (χ2n) is 11.4. The van der Waals surface area contributed by atoms with Crippen molar-refractivity contribution in [2.75, 3.05) is 0 Å². The van der Waals surface area contributed by atoms with Crippen LogP contribution in [0.15, 0.2) is 29.8 Å². The van der Waals surface area contributed by atoms with E-state index in [1.807, 2.05) is 6.08 Å². The monoisotopic (exact) mass is 446 g/mol. The number of Topliss-reactive ketones (excluding diaryl/α,β-unsaturated/α-hetero) is 1. The van der Waals surface area contributed by atoms with E-state index in [0.29, 0.717) is 29.2 Å². The Labute approximate surface area is 188 Å². The quantitative estimate of drug-likeness (QED) is 0.489. The summed E-state index contributed by atoms with van der Waals surface area (Å²) in [4.78, 5) is 13.5. The van der Waals surface area contributed by atoms with Gasteiger partial charge < -0.3 is 5.11 Å². The molecule has 0 aliphatic heterocycles. The molecule has 5 heteroatoms. The third kappa shape index (κ3) is 3.38. The van der Waals surface area contributed by atoms with E-state index in [4.69, 9.17) is 0 Å². The highest BCUT2D eigenvalue weighted by molar-refractivity contribution is 6.05. The van der Waals surface area contributed by atoms with Crippen LogP contribution in [0.3, 0.4) is 0 Å². The van der Waals surface area contributed by atoms with E-state index in [9.17, 15) is 23.1 Å². The zero-order valence-corrected chi connectivity index (χ0v) is 18.9. The largest absolute Gasteiger partial charge is 0.416 e. The molecule has 32 heavy (non-hydrogen) atoms. The summed E-state index contributed by atoms with van der Waals surface area (Å²) >= 11 is 0. The molecule has 1 aromatic carbocycles. The van der Waals surface area contributed by atoms with Crippen LogP contribution in [0.25, 0.3) is 6.08 Å². The standard InChI is InChI=1S/C27H33F3O2/c1-25-11-9-20(31)15-19(25)7-8-21-22(25)10-12-26(2)23(21)14-17(24(26)32)13-16-3-5-18(6-4-16)27(28,29)30/h3-6,13,19-23,31H,7-12,14-15H2,1-2H3. The Kier molecular flexibility index (Phi) is 5.16. The van der Waals surface area contributed by atoms with Crippen LogP contribution < -0.4 is 0 Å². The molecule has 4 saturated carbocycles. The Bertz CT molecular complexity index is 933. The molecule has 4 aliphatic rings. The van der Waals surface area contributed by atoms with E-state index in [-0.39, 0.29) is 22.7 Å². The second kappa shape index (κ2) is 7.44. The molecule has 4 fully saturated rings. The zero-order valence-electron chi connectivity index (χ0n) is 18.9. The first-order valence-electron chi connectivity index (χ1n) is 12.1. The smallest absolute Gasteiger partial charge is 0.393 e. The molecule has 0 aromatic heterocycles. The van der Waals surface area contributed by atoms with Crippen molar-refractivity contribution in [2.24, 2.45) is 34.5 Å². The molecule has 0 saturated heterocycles. The number of hydrogen-bond donors (Lipinski definition) is 1. The maximum atomic E-state index is 13.5. The van der Waals surface area contributed by atoms with Crippen molar-refractivity contribution in [2.45, 2.75) is 77.5 Å². The van der Waals surface area contributed by atoms with Gasteiger partial charge in [0.2, 0.25) is 0 Å². The first-order chi connectivity index (χ1) is 15.0. The van der Waals surface area contributed by atoms with Gasteiger partial charge in [0.15, 0.2) is 5.78 Å². The Balaban J connectivity index is 1.41. The summed E-state index contributed by atoms with van der Waals surface area (Å²) < 4.78 is 38.6. The number of benzene rings is 1. The predicted octanol–water partition coefficient (Wildman–Crippen LogP) is 6.67. The molecule has 174 valence electrons. The van der Waals surface area contributed by atoms with Crippen LogP contribution in [0.5, 0.6) is 0 Å². The summed E-state index contributed by atoms with van der Waals surface area (Å²) in [5, 5.41) is 10.2.